The fourth-order valence-corrected chi connectivity index (χ4v) is 1.85. The Morgan fingerprint density at radius 3 is 2.94 bits per heavy atom. The lowest BCUT2D eigenvalue weighted by molar-refractivity contribution is -0.137. The van der Waals surface area contributed by atoms with Crippen LogP contribution in [0.2, 0.25) is 0 Å². The van der Waals surface area contributed by atoms with Crippen molar-refractivity contribution in [2.24, 2.45) is 0 Å². The SMILES string of the molecule is O=C(O)CCCNc1cc(C2CCC2)ncn1. The van der Waals surface area contributed by atoms with Crippen LogP contribution in [0.25, 0.3) is 0 Å². The Morgan fingerprint density at radius 1 is 1.47 bits per heavy atom. The maximum absolute atomic E-state index is 10.3. The quantitative estimate of drug-likeness (QED) is 0.738. The molecule has 1 aromatic rings. The zero-order valence-electron chi connectivity index (χ0n) is 9.72. The summed E-state index contributed by atoms with van der Waals surface area (Å²) < 4.78 is 0. The van der Waals surface area contributed by atoms with Crippen LogP contribution in [0.1, 0.15) is 43.7 Å². The maximum atomic E-state index is 10.3. The number of hydrogen-bond acceptors (Lipinski definition) is 4. The zero-order valence-corrected chi connectivity index (χ0v) is 9.72. The van der Waals surface area contributed by atoms with Crippen LogP contribution in [0.3, 0.4) is 0 Å². The number of nitrogens with zero attached hydrogens (tertiary/aromatic N) is 2. The fraction of sp³-hybridized carbons (Fsp3) is 0.583. The summed E-state index contributed by atoms with van der Waals surface area (Å²) in [6.45, 7) is 0.632. The lowest BCUT2D eigenvalue weighted by Crippen LogP contribution is -2.12. The van der Waals surface area contributed by atoms with Gasteiger partial charge in [0.2, 0.25) is 0 Å². The van der Waals surface area contributed by atoms with Crippen LogP contribution in [-0.4, -0.2) is 27.6 Å². The highest BCUT2D eigenvalue weighted by Gasteiger charge is 2.20. The summed E-state index contributed by atoms with van der Waals surface area (Å²) in [4.78, 5) is 18.7. The monoisotopic (exact) mass is 235 g/mol. The standard InChI is InChI=1S/C12H17N3O2/c16-12(17)5-2-6-13-11-7-10(14-8-15-11)9-3-1-4-9/h7-9H,1-6H2,(H,16,17)(H,13,14,15). The molecule has 1 heterocycles. The van der Waals surface area contributed by atoms with Gasteiger partial charge in [-0.25, -0.2) is 9.97 Å². The summed E-state index contributed by atoms with van der Waals surface area (Å²) in [6, 6.07) is 1.98. The molecule has 0 atom stereocenters. The molecule has 0 spiro atoms. The third kappa shape index (κ3) is 3.41. The molecule has 92 valence electrons. The Hall–Kier alpha value is -1.65. The molecule has 2 rings (SSSR count). The van der Waals surface area contributed by atoms with Gasteiger partial charge < -0.3 is 10.4 Å². The molecule has 0 bridgehead atoms. The number of carbonyl (C=O) groups is 1. The van der Waals surface area contributed by atoms with E-state index < -0.39 is 5.97 Å². The van der Waals surface area contributed by atoms with Gasteiger partial charge in [0.25, 0.3) is 0 Å². The number of carboxylic acid groups (broad SMARTS) is 1. The Bertz CT molecular complexity index is 391. The van der Waals surface area contributed by atoms with Crippen LogP contribution < -0.4 is 5.32 Å². The van der Waals surface area contributed by atoms with Crippen molar-refractivity contribution in [3.05, 3.63) is 18.1 Å². The predicted molar refractivity (Wildman–Crippen MR) is 64.0 cm³/mol. The molecule has 0 aliphatic heterocycles. The number of rotatable bonds is 6. The van der Waals surface area contributed by atoms with E-state index in [1.54, 1.807) is 6.33 Å². The van der Waals surface area contributed by atoms with Crippen molar-refractivity contribution < 1.29 is 9.90 Å². The van der Waals surface area contributed by atoms with E-state index in [4.69, 9.17) is 5.11 Å². The first-order chi connectivity index (χ1) is 8.25. The van der Waals surface area contributed by atoms with Crippen LogP contribution in [-0.2, 0) is 4.79 Å². The second kappa shape index (κ2) is 5.61. The minimum Gasteiger partial charge on any atom is -0.481 e. The summed E-state index contributed by atoms with van der Waals surface area (Å²) in [6.07, 6.45) is 6.10. The Kier molecular flexibility index (Phi) is 3.90. The summed E-state index contributed by atoms with van der Waals surface area (Å²) in [5.41, 5.74) is 1.10. The van der Waals surface area contributed by atoms with Gasteiger partial charge in [0.15, 0.2) is 0 Å². The van der Waals surface area contributed by atoms with Gasteiger partial charge in [-0.1, -0.05) is 6.42 Å². The van der Waals surface area contributed by atoms with Crippen LogP contribution >= 0.6 is 0 Å². The molecule has 1 fully saturated rings. The van der Waals surface area contributed by atoms with Gasteiger partial charge >= 0.3 is 5.97 Å². The normalized spacial score (nSPS) is 15.3. The average molecular weight is 235 g/mol. The molecule has 0 amide bonds. The van der Waals surface area contributed by atoms with Crippen molar-refractivity contribution >= 4 is 11.8 Å². The molecule has 0 saturated heterocycles. The highest BCUT2D eigenvalue weighted by Crippen LogP contribution is 2.35. The Labute approximate surface area is 100 Å². The molecule has 1 aromatic heterocycles. The third-order valence-corrected chi connectivity index (χ3v) is 3.09. The molecular weight excluding hydrogens is 218 g/mol. The van der Waals surface area contributed by atoms with E-state index in [1.807, 2.05) is 6.07 Å². The highest BCUT2D eigenvalue weighted by atomic mass is 16.4. The van der Waals surface area contributed by atoms with E-state index in [-0.39, 0.29) is 6.42 Å². The first-order valence-corrected chi connectivity index (χ1v) is 6.03. The van der Waals surface area contributed by atoms with Gasteiger partial charge in [0, 0.05) is 30.6 Å². The molecule has 1 saturated carbocycles. The van der Waals surface area contributed by atoms with E-state index in [2.05, 4.69) is 15.3 Å². The van der Waals surface area contributed by atoms with Gasteiger partial charge in [0.05, 0.1) is 0 Å². The number of nitrogens with one attached hydrogen (secondary N) is 1. The largest absolute Gasteiger partial charge is 0.481 e. The smallest absolute Gasteiger partial charge is 0.303 e. The van der Waals surface area contributed by atoms with Crippen molar-refractivity contribution in [2.45, 2.75) is 38.0 Å². The lowest BCUT2D eigenvalue weighted by atomic mass is 9.83. The predicted octanol–water partition coefficient (Wildman–Crippen LogP) is 2.02. The number of hydrogen-bond donors (Lipinski definition) is 2. The van der Waals surface area contributed by atoms with Crippen LogP contribution in [0.5, 0.6) is 0 Å². The second-order valence-corrected chi connectivity index (χ2v) is 4.38. The summed E-state index contributed by atoms with van der Waals surface area (Å²) in [7, 11) is 0. The van der Waals surface area contributed by atoms with Crippen LogP contribution in [0.15, 0.2) is 12.4 Å². The molecule has 0 radical (unpaired) electrons. The van der Waals surface area contributed by atoms with E-state index in [0.29, 0.717) is 18.9 Å². The van der Waals surface area contributed by atoms with Gasteiger partial charge in [-0.3, -0.25) is 4.79 Å². The molecule has 5 nitrogen and oxygen atoms in total. The number of aromatic nitrogens is 2. The number of carboxylic acids is 1. The average Bonchev–Trinajstić information content (AvgIpc) is 2.22. The zero-order chi connectivity index (χ0) is 12.1. The Balaban J connectivity index is 1.81. The fourth-order valence-electron chi connectivity index (χ4n) is 1.85. The molecule has 2 N–H and O–H groups in total. The third-order valence-electron chi connectivity index (χ3n) is 3.09. The maximum Gasteiger partial charge on any atom is 0.303 e. The van der Waals surface area contributed by atoms with Gasteiger partial charge in [-0.15, -0.1) is 0 Å². The second-order valence-electron chi connectivity index (χ2n) is 4.38. The molecule has 0 unspecified atom stereocenters. The minimum atomic E-state index is -0.760. The topological polar surface area (TPSA) is 75.1 Å². The molecule has 5 heteroatoms. The van der Waals surface area contributed by atoms with Crippen LogP contribution in [0.4, 0.5) is 5.82 Å². The summed E-state index contributed by atoms with van der Waals surface area (Å²) in [5.74, 6) is 0.634. The minimum absolute atomic E-state index is 0.188. The first kappa shape index (κ1) is 11.8. The van der Waals surface area contributed by atoms with Crippen molar-refractivity contribution in [3.8, 4) is 0 Å². The van der Waals surface area contributed by atoms with Crippen molar-refractivity contribution in [3.63, 3.8) is 0 Å². The summed E-state index contributed by atoms with van der Waals surface area (Å²) >= 11 is 0. The van der Waals surface area contributed by atoms with E-state index in [9.17, 15) is 4.79 Å². The molecular formula is C12H17N3O2. The van der Waals surface area contributed by atoms with E-state index in [1.165, 1.54) is 19.3 Å². The number of aliphatic carboxylic acids is 1. The van der Waals surface area contributed by atoms with Gasteiger partial charge in [-0.05, 0) is 19.3 Å². The van der Waals surface area contributed by atoms with Crippen LogP contribution in [0, 0.1) is 0 Å². The van der Waals surface area contributed by atoms with Gasteiger partial charge in [-0.2, -0.15) is 0 Å². The van der Waals surface area contributed by atoms with Crippen molar-refractivity contribution in [2.75, 3.05) is 11.9 Å². The molecule has 17 heavy (non-hydrogen) atoms. The molecule has 0 aromatic carbocycles. The van der Waals surface area contributed by atoms with Crippen molar-refractivity contribution in [1.82, 2.24) is 9.97 Å². The first-order valence-electron chi connectivity index (χ1n) is 6.03. The van der Waals surface area contributed by atoms with E-state index in [0.717, 1.165) is 11.5 Å². The Morgan fingerprint density at radius 2 is 2.29 bits per heavy atom. The lowest BCUT2D eigenvalue weighted by Gasteiger charge is -2.24. The van der Waals surface area contributed by atoms with E-state index >= 15 is 0 Å². The number of anilines is 1. The van der Waals surface area contributed by atoms with Crippen molar-refractivity contribution in [1.29, 1.82) is 0 Å². The van der Waals surface area contributed by atoms with Gasteiger partial charge in [0.1, 0.15) is 12.1 Å². The molecule has 1 aliphatic carbocycles. The summed E-state index contributed by atoms with van der Waals surface area (Å²) in [5, 5.41) is 11.6. The highest BCUT2D eigenvalue weighted by molar-refractivity contribution is 5.66. The molecule has 1 aliphatic rings.